The molecule has 0 N–H and O–H groups in total. The minimum absolute atomic E-state index is 0.891. The Kier molecular flexibility index (Phi) is 9.80. The lowest BCUT2D eigenvalue weighted by Crippen LogP contribution is -1.83. The van der Waals surface area contributed by atoms with Crippen molar-refractivity contribution in [2.24, 2.45) is 0 Å². The van der Waals surface area contributed by atoms with Crippen molar-refractivity contribution in [3.05, 3.63) is 12.2 Å². The van der Waals surface area contributed by atoms with E-state index in [0.717, 1.165) is 44.4 Å². The molecule has 0 aromatic heterocycles. The molecule has 0 rings (SSSR count). The van der Waals surface area contributed by atoms with Crippen LogP contribution >= 0.6 is 7.80 Å². The molecule has 76 valence electrons. The molecule has 0 saturated heterocycles. The van der Waals surface area contributed by atoms with E-state index in [-0.39, 0.29) is 0 Å². The highest BCUT2D eigenvalue weighted by molar-refractivity contribution is 7.44. The average Bonchev–Trinajstić information content (AvgIpc) is 2.14. The lowest BCUT2D eigenvalue weighted by Gasteiger charge is -1.88. The fraction of sp³-hybridized carbons (Fsp3) is 0.818. The summed E-state index contributed by atoms with van der Waals surface area (Å²) >= 11 is 0. The number of hydrogen-bond acceptors (Lipinski definition) is 1. The highest BCUT2D eigenvalue weighted by atomic mass is 31.1. The predicted molar refractivity (Wildman–Crippen MR) is 60.9 cm³/mol. The second kappa shape index (κ2) is 9.92. The van der Waals surface area contributed by atoms with Gasteiger partial charge in [-0.05, 0) is 25.7 Å². The summed E-state index contributed by atoms with van der Waals surface area (Å²) in [5, 5.41) is 0. The lowest BCUT2D eigenvalue weighted by atomic mass is 10.3. The fourth-order valence-electron chi connectivity index (χ4n) is 1.12. The molecule has 0 bridgehead atoms. The molecule has 0 heterocycles. The van der Waals surface area contributed by atoms with Crippen molar-refractivity contribution in [2.45, 2.75) is 46.0 Å². The molecule has 0 saturated carbocycles. The first-order chi connectivity index (χ1) is 6.31. The summed E-state index contributed by atoms with van der Waals surface area (Å²) in [6.45, 7) is 4.28. The van der Waals surface area contributed by atoms with Gasteiger partial charge in [0.25, 0.3) is 0 Å². The van der Waals surface area contributed by atoms with Crippen LogP contribution in [0.1, 0.15) is 46.0 Å². The maximum Gasteiger partial charge on any atom is 0.338 e. The smallest absolute Gasteiger partial charge is 0.0888 e. The van der Waals surface area contributed by atoms with E-state index in [2.05, 4.69) is 26.0 Å². The number of unbranched alkanes of at least 4 members (excludes halogenated alkanes) is 2. The van der Waals surface area contributed by atoms with Crippen molar-refractivity contribution in [3.8, 4) is 0 Å². The highest BCUT2D eigenvalue weighted by Gasteiger charge is 2.11. The van der Waals surface area contributed by atoms with Crippen molar-refractivity contribution < 1.29 is 4.57 Å². The molecule has 0 aliphatic heterocycles. The first kappa shape index (κ1) is 12.8. The Hall–Kier alpha value is -0.160. The van der Waals surface area contributed by atoms with Crippen LogP contribution in [0.25, 0.3) is 0 Å². The zero-order valence-corrected chi connectivity index (χ0v) is 9.85. The lowest BCUT2D eigenvalue weighted by molar-refractivity contribution is 0.584. The predicted octanol–water partition coefficient (Wildman–Crippen LogP) is 4.36. The quantitative estimate of drug-likeness (QED) is 0.324. The van der Waals surface area contributed by atoms with Crippen molar-refractivity contribution in [1.82, 2.24) is 0 Å². The van der Waals surface area contributed by atoms with Gasteiger partial charge < -0.3 is 0 Å². The Morgan fingerprint density at radius 3 is 2.38 bits per heavy atom. The van der Waals surface area contributed by atoms with Crippen LogP contribution < -0.4 is 0 Å². The molecule has 0 aliphatic rings. The highest BCUT2D eigenvalue weighted by Crippen LogP contribution is 2.23. The van der Waals surface area contributed by atoms with Gasteiger partial charge >= 0.3 is 7.80 Å². The van der Waals surface area contributed by atoms with Gasteiger partial charge in [0, 0.05) is 0 Å². The second-order valence-corrected chi connectivity index (χ2v) is 5.16. The number of hydrogen-bond donors (Lipinski definition) is 0. The maximum absolute atomic E-state index is 11.4. The molecule has 0 aliphatic carbocycles. The Labute approximate surface area is 83.4 Å². The summed E-state index contributed by atoms with van der Waals surface area (Å²) in [6, 6.07) is 0. The molecule has 0 amide bonds. The van der Waals surface area contributed by atoms with E-state index >= 15 is 0 Å². The van der Waals surface area contributed by atoms with Crippen LogP contribution in [-0.4, -0.2) is 12.3 Å². The average molecular weight is 201 g/mol. The molecule has 0 aromatic rings. The zero-order chi connectivity index (χ0) is 9.94. The van der Waals surface area contributed by atoms with Gasteiger partial charge in [-0.2, -0.15) is 0 Å². The molecular weight excluding hydrogens is 179 g/mol. The molecule has 1 atom stereocenters. The summed E-state index contributed by atoms with van der Waals surface area (Å²) in [6.07, 6.45) is 11.8. The van der Waals surface area contributed by atoms with E-state index in [0.29, 0.717) is 0 Å². The van der Waals surface area contributed by atoms with Gasteiger partial charge in [0.2, 0.25) is 0 Å². The third-order valence-corrected chi connectivity index (χ3v) is 3.57. The molecule has 0 spiro atoms. The van der Waals surface area contributed by atoms with Crippen LogP contribution in [0.15, 0.2) is 12.2 Å². The van der Waals surface area contributed by atoms with Crippen molar-refractivity contribution in [2.75, 3.05) is 12.3 Å². The maximum atomic E-state index is 11.4. The Morgan fingerprint density at radius 2 is 1.77 bits per heavy atom. The van der Waals surface area contributed by atoms with Gasteiger partial charge in [0.05, 0.1) is 0 Å². The van der Waals surface area contributed by atoms with Crippen LogP contribution in [0, 0.1) is 0 Å². The molecule has 2 heteroatoms. The minimum atomic E-state index is -0.891. The summed E-state index contributed by atoms with van der Waals surface area (Å²) in [4.78, 5) is 0. The summed E-state index contributed by atoms with van der Waals surface area (Å²) in [7, 11) is -0.891. The molecule has 1 nitrogen and oxygen atoms in total. The van der Waals surface area contributed by atoms with Crippen molar-refractivity contribution in [1.29, 1.82) is 0 Å². The third-order valence-electron chi connectivity index (χ3n) is 1.94. The van der Waals surface area contributed by atoms with Gasteiger partial charge in [-0.3, -0.25) is 0 Å². The standard InChI is InChI=1S/C11H22OP/c1-3-5-7-8-9-11-13(12)10-6-4-2/h5,7H,3-4,6,8-11H2,1-2H3/q+1. The monoisotopic (exact) mass is 201 g/mol. The summed E-state index contributed by atoms with van der Waals surface area (Å²) < 4.78 is 11.4. The van der Waals surface area contributed by atoms with Gasteiger partial charge in [-0.15, -0.1) is 0 Å². The molecular formula is C11H22OP+. The van der Waals surface area contributed by atoms with E-state index in [1.165, 1.54) is 0 Å². The molecule has 1 unspecified atom stereocenters. The summed E-state index contributed by atoms with van der Waals surface area (Å²) in [5.74, 6) is 0. The van der Waals surface area contributed by atoms with Crippen LogP contribution in [0.3, 0.4) is 0 Å². The molecule has 0 radical (unpaired) electrons. The van der Waals surface area contributed by atoms with E-state index in [1.807, 2.05) is 0 Å². The third kappa shape index (κ3) is 9.76. The van der Waals surface area contributed by atoms with Crippen LogP contribution in [-0.2, 0) is 4.57 Å². The molecule has 0 fully saturated rings. The van der Waals surface area contributed by atoms with Gasteiger partial charge in [0.15, 0.2) is 0 Å². The van der Waals surface area contributed by atoms with Gasteiger partial charge in [0.1, 0.15) is 12.3 Å². The van der Waals surface area contributed by atoms with Gasteiger partial charge in [-0.1, -0.05) is 37.0 Å². The van der Waals surface area contributed by atoms with Crippen molar-refractivity contribution in [3.63, 3.8) is 0 Å². The normalized spacial score (nSPS) is 12.3. The minimum Gasteiger partial charge on any atom is -0.0888 e. The fourth-order valence-corrected chi connectivity index (χ4v) is 2.54. The van der Waals surface area contributed by atoms with Crippen LogP contribution in [0.4, 0.5) is 0 Å². The topological polar surface area (TPSA) is 17.1 Å². The van der Waals surface area contributed by atoms with E-state index in [4.69, 9.17) is 0 Å². The number of allylic oxidation sites excluding steroid dienone is 2. The Bertz CT molecular complexity index is 152. The zero-order valence-electron chi connectivity index (χ0n) is 8.96. The largest absolute Gasteiger partial charge is 0.338 e. The van der Waals surface area contributed by atoms with E-state index in [9.17, 15) is 4.57 Å². The van der Waals surface area contributed by atoms with E-state index in [1.54, 1.807) is 0 Å². The van der Waals surface area contributed by atoms with E-state index < -0.39 is 7.80 Å². The SMILES string of the molecule is CCC=CCCC[P+](=O)CCCC. The second-order valence-electron chi connectivity index (χ2n) is 3.30. The summed E-state index contributed by atoms with van der Waals surface area (Å²) in [5.41, 5.74) is 0. The van der Waals surface area contributed by atoms with Crippen LogP contribution in [0.2, 0.25) is 0 Å². The number of rotatable bonds is 8. The molecule has 13 heavy (non-hydrogen) atoms. The first-order valence-electron chi connectivity index (χ1n) is 5.38. The van der Waals surface area contributed by atoms with Gasteiger partial charge in [-0.25, -0.2) is 0 Å². The first-order valence-corrected chi connectivity index (χ1v) is 7.01. The molecule has 0 aromatic carbocycles. The Balaban J connectivity index is 3.21. The van der Waals surface area contributed by atoms with Crippen molar-refractivity contribution >= 4 is 7.80 Å². The Morgan fingerprint density at radius 1 is 1.08 bits per heavy atom. The van der Waals surface area contributed by atoms with Crippen LogP contribution in [0.5, 0.6) is 0 Å².